The van der Waals surface area contributed by atoms with E-state index in [2.05, 4.69) is 0 Å². The number of halogens is 3. The SMILES string of the molecule is COc1cc(C(=O)N(CC(=O)O)Cc2ccc(F)cc2)cc2c1O[C@](C)(Cc1ccc(Cl)c(F)c1)C2. The van der Waals surface area contributed by atoms with Gasteiger partial charge in [-0.3, -0.25) is 9.59 Å². The predicted octanol–water partition coefficient (Wildman–Crippen LogP) is 5.29. The van der Waals surface area contributed by atoms with E-state index in [4.69, 9.17) is 21.1 Å². The van der Waals surface area contributed by atoms with Crippen molar-refractivity contribution < 1.29 is 33.0 Å². The second-order valence-electron chi connectivity index (χ2n) is 9.00. The number of aliphatic carboxylic acids is 1. The molecule has 0 aromatic heterocycles. The fourth-order valence-electron chi connectivity index (χ4n) is 4.40. The van der Waals surface area contributed by atoms with Gasteiger partial charge in [-0.15, -0.1) is 0 Å². The number of carboxylic acid groups (broad SMARTS) is 1. The zero-order chi connectivity index (χ0) is 26.0. The molecule has 0 fully saturated rings. The molecule has 0 aliphatic carbocycles. The summed E-state index contributed by atoms with van der Waals surface area (Å²) in [6.07, 6.45) is 0.804. The lowest BCUT2D eigenvalue weighted by molar-refractivity contribution is -0.137. The van der Waals surface area contributed by atoms with Gasteiger partial charge in [0.2, 0.25) is 0 Å². The van der Waals surface area contributed by atoms with Crippen molar-refractivity contribution in [2.24, 2.45) is 0 Å². The summed E-state index contributed by atoms with van der Waals surface area (Å²) in [5, 5.41) is 9.41. The molecule has 1 aliphatic rings. The summed E-state index contributed by atoms with van der Waals surface area (Å²) >= 11 is 5.79. The highest BCUT2D eigenvalue weighted by molar-refractivity contribution is 6.30. The average molecular weight is 516 g/mol. The first kappa shape index (κ1) is 25.4. The van der Waals surface area contributed by atoms with Crippen LogP contribution in [0.25, 0.3) is 0 Å². The number of carbonyl (C=O) groups excluding carboxylic acids is 1. The van der Waals surface area contributed by atoms with Crippen molar-refractivity contribution in [1.82, 2.24) is 4.90 Å². The normalized spacial score (nSPS) is 16.2. The van der Waals surface area contributed by atoms with Gasteiger partial charge in [0.25, 0.3) is 5.91 Å². The summed E-state index contributed by atoms with van der Waals surface area (Å²) in [4.78, 5) is 26.0. The van der Waals surface area contributed by atoms with Gasteiger partial charge in [0.05, 0.1) is 12.1 Å². The quantitative estimate of drug-likeness (QED) is 0.441. The van der Waals surface area contributed by atoms with Gasteiger partial charge in [0.15, 0.2) is 11.5 Å². The molecule has 1 atom stereocenters. The highest BCUT2D eigenvalue weighted by Gasteiger charge is 2.38. The first-order valence-corrected chi connectivity index (χ1v) is 11.5. The maximum Gasteiger partial charge on any atom is 0.323 e. The third-order valence-electron chi connectivity index (χ3n) is 5.97. The number of carbonyl (C=O) groups is 2. The van der Waals surface area contributed by atoms with Crippen LogP contribution in [0.3, 0.4) is 0 Å². The Morgan fingerprint density at radius 1 is 1.11 bits per heavy atom. The molecule has 3 aromatic carbocycles. The van der Waals surface area contributed by atoms with Crippen molar-refractivity contribution in [1.29, 1.82) is 0 Å². The lowest BCUT2D eigenvalue weighted by atomic mass is 9.91. The molecule has 0 radical (unpaired) electrons. The standard InChI is InChI=1S/C27H24ClF2NO5/c1-27(12-17-5-8-21(28)22(30)9-17)13-19-10-18(11-23(35-2)25(19)36-27)26(34)31(15-24(32)33)14-16-3-6-20(29)7-4-16/h3-11H,12-15H2,1-2H3,(H,32,33)/t27-/m1/s1. The van der Waals surface area contributed by atoms with Crippen LogP contribution in [-0.4, -0.2) is 41.1 Å². The molecule has 0 bridgehead atoms. The fraction of sp³-hybridized carbons (Fsp3) is 0.259. The Balaban J connectivity index is 1.61. The predicted molar refractivity (Wildman–Crippen MR) is 130 cm³/mol. The van der Waals surface area contributed by atoms with Gasteiger partial charge in [0.1, 0.15) is 23.8 Å². The molecule has 36 heavy (non-hydrogen) atoms. The van der Waals surface area contributed by atoms with Gasteiger partial charge in [0, 0.05) is 30.5 Å². The zero-order valence-electron chi connectivity index (χ0n) is 19.7. The first-order chi connectivity index (χ1) is 17.1. The van der Waals surface area contributed by atoms with Gasteiger partial charge in [-0.2, -0.15) is 0 Å². The second-order valence-corrected chi connectivity index (χ2v) is 9.41. The van der Waals surface area contributed by atoms with E-state index in [9.17, 15) is 23.5 Å². The summed E-state index contributed by atoms with van der Waals surface area (Å²) in [5.41, 5.74) is 1.51. The van der Waals surface area contributed by atoms with Crippen LogP contribution in [0.2, 0.25) is 5.02 Å². The maximum absolute atomic E-state index is 13.9. The Bertz CT molecular complexity index is 1310. The Labute approximate surface area is 212 Å². The summed E-state index contributed by atoms with van der Waals surface area (Å²) in [6, 6.07) is 13.3. The molecule has 1 amide bonds. The highest BCUT2D eigenvalue weighted by atomic mass is 35.5. The van der Waals surface area contributed by atoms with E-state index in [1.54, 1.807) is 12.1 Å². The molecule has 9 heteroatoms. The van der Waals surface area contributed by atoms with Gasteiger partial charge < -0.3 is 19.5 Å². The largest absolute Gasteiger partial charge is 0.493 e. The molecular weight excluding hydrogens is 492 g/mol. The van der Waals surface area contributed by atoms with E-state index in [1.165, 1.54) is 54.5 Å². The highest BCUT2D eigenvalue weighted by Crippen LogP contribution is 2.44. The maximum atomic E-state index is 13.9. The molecule has 1 aliphatic heterocycles. The van der Waals surface area contributed by atoms with Crippen LogP contribution in [0.4, 0.5) is 8.78 Å². The minimum atomic E-state index is -1.18. The zero-order valence-corrected chi connectivity index (χ0v) is 20.4. The van der Waals surface area contributed by atoms with Crippen LogP contribution in [0, 0.1) is 11.6 Å². The van der Waals surface area contributed by atoms with Crippen molar-refractivity contribution >= 4 is 23.5 Å². The molecule has 0 saturated carbocycles. The fourth-order valence-corrected chi connectivity index (χ4v) is 4.52. The van der Waals surface area contributed by atoms with Crippen LogP contribution in [0.5, 0.6) is 11.5 Å². The molecule has 188 valence electrons. The number of hydrogen-bond acceptors (Lipinski definition) is 4. The number of benzene rings is 3. The van der Waals surface area contributed by atoms with Crippen molar-refractivity contribution in [2.75, 3.05) is 13.7 Å². The van der Waals surface area contributed by atoms with E-state index in [-0.39, 0.29) is 17.1 Å². The summed E-state index contributed by atoms with van der Waals surface area (Å²) in [6.45, 7) is 1.33. The van der Waals surface area contributed by atoms with Crippen LogP contribution >= 0.6 is 11.6 Å². The van der Waals surface area contributed by atoms with Crippen molar-refractivity contribution in [3.8, 4) is 11.5 Å². The van der Waals surface area contributed by atoms with E-state index < -0.39 is 35.7 Å². The number of rotatable bonds is 8. The van der Waals surface area contributed by atoms with Crippen molar-refractivity contribution in [3.05, 3.63) is 93.5 Å². The topological polar surface area (TPSA) is 76.1 Å². The van der Waals surface area contributed by atoms with Crippen LogP contribution < -0.4 is 9.47 Å². The molecule has 6 nitrogen and oxygen atoms in total. The number of ether oxygens (including phenoxy) is 2. The number of amides is 1. The Morgan fingerprint density at radius 3 is 2.44 bits per heavy atom. The molecule has 0 saturated heterocycles. The number of nitrogens with zero attached hydrogens (tertiary/aromatic N) is 1. The first-order valence-electron chi connectivity index (χ1n) is 11.2. The van der Waals surface area contributed by atoms with E-state index in [1.807, 2.05) is 6.92 Å². The number of hydrogen-bond donors (Lipinski definition) is 1. The van der Waals surface area contributed by atoms with Crippen LogP contribution in [0.15, 0.2) is 54.6 Å². The third kappa shape index (κ3) is 5.60. The Morgan fingerprint density at radius 2 is 1.81 bits per heavy atom. The van der Waals surface area contributed by atoms with E-state index >= 15 is 0 Å². The van der Waals surface area contributed by atoms with E-state index in [0.29, 0.717) is 41.0 Å². The molecule has 1 heterocycles. The summed E-state index contributed by atoms with van der Waals surface area (Å²) in [7, 11) is 1.45. The lowest BCUT2D eigenvalue weighted by Crippen LogP contribution is -2.35. The molecule has 3 aromatic rings. The lowest BCUT2D eigenvalue weighted by Gasteiger charge is -2.24. The minimum Gasteiger partial charge on any atom is -0.493 e. The van der Waals surface area contributed by atoms with Gasteiger partial charge in [-0.05, 0) is 54.4 Å². The molecule has 0 unspecified atom stereocenters. The van der Waals surface area contributed by atoms with Gasteiger partial charge in [-0.25, -0.2) is 8.78 Å². The monoisotopic (exact) mass is 515 g/mol. The average Bonchev–Trinajstić information content (AvgIpc) is 3.16. The smallest absolute Gasteiger partial charge is 0.323 e. The van der Waals surface area contributed by atoms with Crippen molar-refractivity contribution in [2.45, 2.75) is 31.9 Å². The minimum absolute atomic E-state index is 0.0127. The summed E-state index contributed by atoms with van der Waals surface area (Å²) < 4.78 is 38.9. The molecule has 0 spiro atoms. The Hall–Kier alpha value is -3.65. The molecular formula is C27H24ClF2NO5. The van der Waals surface area contributed by atoms with Crippen LogP contribution in [0.1, 0.15) is 34.0 Å². The number of carboxylic acids is 1. The molecule has 4 rings (SSSR count). The second kappa shape index (κ2) is 10.1. The van der Waals surface area contributed by atoms with Gasteiger partial charge >= 0.3 is 5.97 Å². The van der Waals surface area contributed by atoms with Gasteiger partial charge in [-0.1, -0.05) is 29.8 Å². The third-order valence-corrected chi connectivity index (χ3v) is 6.28. The Kier molecular flexibility index (Phi) is 7.17. The van der Waals surface area contributed by atoms with Crippen molar-refractivity contribution in [3.63, 3.8) is 0 Å². The number of fused-ring (bicyclic) bond motifs is 1. The summed E-state index contributed by atoms with van der Waals surface area (Å²) in [5.74, 6) is -1.82. The number of methoxy groups -OCH3 is 1. The van der Waals surface area contributed by atoms with E-state index in [0.717, 1.165) is 0 Å². The molecule has 1 N–H and O–H groups in total. The van der Waals surface area contributed by atoms with Crippen LogP contribution in [-0.2, 0) is 24.2 Å².